The van der Waals surface area contributed by atoms with Crippen LogP contribution in [0.15, 0.2) is 18.2 Å². The minimum Gasteiger partial charge on any atom is -0.490 e. The Kier molecular flexibility index (Phi) is 5.97. The molecule has 0 fully saturated rings. The highest BCUT2D eigenvalue weighted by atomic mass is 16.5. The number of rotatable bonds is 8. The van der Waals surface area contributed by atoms with E-state index < -0.39 is 6.10 Å². The number of ether oxygens (including phenoxy) is 2. The number of aromatic amines is 1. The zero-order valence-corrected chi connectivity index (χ0v) is 15.6. The Hall–Kier alpha value is -2.89. The lowest BCUT2D eigenvalue weighted by Gasteiger charge is -2.17. The molecular weight excluding hydrogens is 334 g/mol. The minimum atomic E-state index is -0.798. The average molecular weight is 357 g/mol. The molecule has 1 N–H and O–H groups in total. The quantitative estimate of drug-likeness (QED) is 0.575. The molecule has 0 radical (unpaired) electrons. The number of aldehydes is 1. The molecular formula is C20H23NO5. The van der Waals surface area contributed by atoms with Gasteiger partial charge in [0, 0.05) is 16.8 Å². The molecule has 0 saturated carbocycles. The Balaban J connectivity index is 2.29. The monoisotopic (exact) mass is 357 g/mol. The lowest BCUT2D eigenvalue weighted by molar-refractivity contribution is 0.0807. The number of ketones is 2. The molecule has 0 spiro atoms. The highest BCUT2D eigenvalue weighted by Crippen LogP contribution is 2.30. The number of hydrogen-bond donors (Lipinski definition) is 1. The fourth-order valence-corrected chi connectivity index (χ4v) is 2.94. The van der Waals surface area contributed by atoms with Crippen LogP contribution >= 0.6 is 0 Å². The molecule has 138 valence electrons. The Morgan fingerprint density at radius 1 is 1.23 bits per heavy atom. The predicted octanol–water partition coefficient (Wildman–Crippen LogP) is 3.70. The fraction of sp³-hybridized carbons (Fsp3) is 0.350. The van der Waals surface area contributed by atoms with Crippen LogP contribution in [0.5, 0.6) is 11.5 Å². The topological polar surface area (TPSA) is 85.5 Å². The van der Waals surface area contributed by atoms with Crippen molar-refractivity contribution in [3.63, 3.8) is 0 Å². The summed E-state index contributed by atoms with van der Waals surface area (Å²) in [4.78, 5) is 38.5. The molecule has 6 nitrogen and oxygen atoms in total. The van der Waals surface area contributed by atoms with Crippen LogP contribution in [0, 0.1) is 13.8 Å². The van der Waals surface area contributed by atoms with Gasteiger partial charge in [-0.05, 0) is 58.4 Å². The number of aromatic nitrogens is 1. The van der Waals surface area contributed by atoms with E-state index in [1.54, 1.807) is 39.0 Å². The largest absolute Gasteiger partial charge is 0.490 e. The van der Waals surface area contributed by atoms with Crippen LogP contribution in [0.2, 0.25) is 0 Å². The fourth-order valence-electron chi connectivity index (χ4n) is 2.94. The van der Waals surface area contributed by atoms with Crippen LogP contribution < -0.4 is 9.47 Å². The molecule has 0 bridgehead atoms. The van der Waals surface area contributed by atoms with Gasteiger partial charge in [0.05, 0.1) is 12.3 Å². The molecule has 1 aromatic heterocycles. The number of nitrogens with one attached hydrogen (secondary N) is 1. The van der Waals surface area contributed by atoms with Gasteiger partial charge in [0.15, 0.2) is 23.4 Å². The molecule has 0 saturated heterocycles. The molecule has 0 unspecified atom stereocenters. The van der Waals surface area contributed by atoms with Crippen molar-refractivity contribution >= 4 is 17.9 Å². The number of Topliss-reactive ketones (excluding diaryl/α,β-unsaturated/α-hetero) is 2. The van der Waals surface area contributed by atoms with E-state index in [-0.39, 0.29) is 11.6 Å². The summed E-state index contributed by atoms with van der Waals surface area (Å²) >= 11 is 0. The van der Waals surface area contributed by atoms with Crippen molar-refractivity contribution in [2.24, 2.45) is 0 Å². The van der Waals surface area contributed by atoms with Gasteiger partial charge in [0.25, 0.3) is 0 Å². The van der Waals surface area contributed by atoms with Crippen LogP contribution in [-0.2, 0) is 0 Å². The van der Waals surface area contributed by atoms with E-state index in [0.29, 0.717) is 46.2 Å². The summed E-state index contributed by atoms with van der Waals surface area (Å²) in [5.41, 5.74) is 2.64. The average Bonchev–Trinajstić information content (AvgIpc) is 2.90. The van der Waals surface area contributed by atoms with Crippen molar-refractivity contribution in [1.29, 1.82) is 0 Å². The van der Waals surface area contributed by atoms with E-state index in [1.807, 2.05) is 6.92 Å². The zero-order chi connectivity index (χ0) is 19.4. The van der Waals surface area contributed by atoms with Gasteiger partial charge in [-0.3, -0.25) is 14.4 Å². The van der Waals surface area contributed by atoms with Gasteiger partial charge in [0.1, 0.15) is 6.29 Å². The van der Waals surface area contributed by atoms with Gasteiger partial charge < -0.3 is 14.5 Å². The summed E-state index contributed by atoms with van der Waals surface area (Å²) in [5.74, 6) is 0.429. The van der Waals surface area contributed by atoms with Gasteiger partial charge in [-0.15, -0.1) is 0 Å². The van der Waals surface area contributed by atoms with E-state index in [0.717, 1.165) is 6.29 Å². The summed E-state index contributed by atoms with van der Waals surface area (Å²) in [6, 6.07) is 4.77. The van der Waals surface area contributed by atoms with Crippen molar-refractivity contribution in [2.75, 3.05) is 6.61 Å². The molecule has 1 aromatic carbocycles. The lowest BCUT2D eigenvalue weighted by atomic mass is 10.0. The SMILES string of the molecule is CCOc1cc(C=O)ccc1O[C@H](C)C(=O)c1[nH]c(C)c(C(C)=O)c1C. The lowest BCUT2D eigenvalue weighted by Crippen LogP contribution is -2.25. The molecule has 2 aromatic rings. The van der Waals surface area contributed by atoms with E-state index in [1.165, 1.54) is 6.92 Å². The van der Waals surface area contributed by atoms with Gasteiger partial charge in [-0.1, -0.05) is 0 Å². The normalized spacial score (nSPS) is 11.7. The maximum absolute atomic E-state index is 12.8. The first-order chi connectivity index (χ1) is 12.3. The molecule has 0 aliphatic heterocycles. The standard InChI is InChI=1S/C20H23NO5/c1-6-25-17-9-15(10-22)7-8-16(17)26-14(5)20(24)19-11(2)18(13(4)23)12(3)21-19/h7-10,14,21H,6H2,1-5H3/t14-/m1/s1. The Morgan fingerprint density at radius 2 is 1.92 bits per heavy atom. The molecule has 0 aliphatic carbocycles. The molecule has 2 rings (SSSR count). The second-order valence-electron chi connectivity index (χ2n) is 6.06. The highest BCUT2D eigenvalue weighted by molar-refractivity contribution is 6.04. The van der Waals surface area contributed by atoms with Gasteiger partial charge in [-0.2, -0.15) is 0 Å². The third kappa shape index (κ3) is 3.85. The molecule has 26 heavy (non-hydrogen) atoms. The number of carbonyl (C=O) groups is 3. The first kappa shape index (κ1) is 19.4. The van der Waals surface area contributed by atoms with Gasteiger partial charge >= 0.3 is 0 Å². The van der Waals surface area contributed by atoms with Crippen molar-refractivity contribution in [2.45, 2.75) is 40.7 Å². The highest BCUT2D eigenvalue weighted by Gasteiger charge is 2.25. The first-order valence-electron chi connectivity index (χ1n) is 8.43. The summed E-state index contributed by atoms with van der Waals surface area (Å²) in [5, 5.41) is 0. The van der Waals surface area contributed by atoms with E-state index in [4.69, 9.17) is 9.47 Å². The van der Waals surface area contributed by atoms with E-state index >= 15 is 0 Å². The Morgan fingerprint density at radius 3 is 2.46 bits per heavy atom. The summed E-state index contributed by atoms with van der Waals surface area (Å²) < 4.78 is 11.3. The number of benzene rings is 1. The molecule has 1 atom stereocenters. The van der Waals surface area contributed by atoms with Crippen molar-refractivity contribution < 1.29 is 23.9 Å². The zero-order valence-electron chi connectivity index (χ0n) is 15.6. The molecule has 0 aliphatic rings. The number of hydrogen-bond acceptors (Lipinski definition) is 5. The van der Waals surface area contributed by atoms with Gasteiger partial charge in [0.2, 0.25) is 5.78 Å². The van der Waals surface area contributed by atoms with Crippen LogP contribution in [0.25, 0.3) is 0 Å². The summed E-state index contributed by atoms with van der Waals surface area (Å²) in [6.07, 6.45) is -0.0808. The summed E-state index contributed by atoms with van der Waals surface area (Å²) in [6.45, 7) is 8.83. The van der Waals surface area contributed by atoms with Crippen molar-refractivity contribution in [3.8, 4) is 11.5 Å². The number of carbonyl (C=O) groups excluding carboxylic acids is 3. The van der Waals surface area contributed by atoms with E-state index in [9.17, 15) is 14.4 Å². The third-order valence-electron chi connectivity index (χ3n) is 4.11. The van der Waals surface area contributed by atoms with Crippen LogP contribution in [0.1, 0.15) is 63.2 Å². The third-order valence-corrected chi connectivity index (χ3v) is 4.11. The smallest absolute Gasteiger partial charge is 0.219 e. The van der Waals surface area contributed by atoms with Crippen molar-refractivity contribution in [3.05, 3.63) is 46.3 Å². The molecule has 0 amide bonds. The maximum atomic E-state index is 12.8. The Bertz CT molecular complexity index is 850. The van der Waals surface area contributed by atoms with Crippen LogP contribution in [-0.4, -0.2) is 35.5 Å². The molecule has 6 heteroatoms. The predicted molar refractivity (Wildman–Crippen MR) is 97.7 cm³/mol. The molecule has 1 heterocycles. The second kappa shape index (κ2) is 7.99. The maximum Gasteiger partial charge on any atom is 0.219 e. The minimum absolute atomic E-state index is 0.0908. The first-order valence-corrected chi connectivity index (χ1v) is 8.43. The number of aryl methyl sites for hydroxylation is 1. The van der Waals surface area contributed by atoms with E-state index in [2.05, 4.69) is 4.98 Å². The number of H-pyrrole nitrogens is 1. The Labute approximate surface area is 152 Å². The second-order valence-corrected chi connectivity index (χ2v) is 6.06. The van der Waals surface area contributed by atoms with Crippen LogP contribution in [0.4, 0.5) is 0 Å². The van der Waals surface area contributed by atoms with Crippen LogP contribution in [0.3, 0.4) is 0 Å². The summed E-state index contributed by atoms with van der Waals surface area (Å²) in [7, 11) is 0. The van der Waals surface area contributed by atoms with Gasteiger partial charge in [-0.25, -0.2) is 0 Å². The van der Waals surface area contributed by atoms with Crippen molar-refractivity contribution in [1.82, 2.24) is 4.98 Å².